The molecule has 0 fully saturated rings. The second-order valence-electron chi connectivity index (χ2n) is 11.8. The molecule has 0 radical (unpaired) electrons. The minimum absolute atomic E-state index is 0.0836. The summed E-state index contributed by atoms with van der Waals surface area (Å²) in [6, 6.07) is 49.1. The van der Waals surface area contributed by atoms with E-state index < -0.39 is 0 Å². The summed E-state index contributed by atoms with van der Waals surface area (Å²) in [4.78, 5) is 20.3. The van der Waals surface area contributed by atoms with Crippen molar-refractivity contribution in [1.29, 1.82) is 0 Å². The SMILES string of the molecule is O=c1c2c#cccc2c2cncc3c2n1-c1ccc(-c2cccc(-c4ccc5c6ccccc6c6ccccc6c5c4)c2)cc1S3. The maximum Gasteiger partial charge on any atom is 0.272 e. The van der Waals surface area contributed by atoms with E-state index in [1.807, 2.05) is 23.0 Å². The average Bonchev–Trinajstić information content (AvgIpc) is 3.13. The zero-order chi connectivity index (χ0) is 30.4. The Balaban J connectivity index is 1.12. The molecule has 0 atom stereocenters. The molecule has 0 N–H and O–H groups in total. The lowest BCUT2D eigenvalue weighted by Crippen LogP contribution is -2.21. The van der Waals surface area contributed by atoms with Crippen LogP contribution in [-0.4, -0.2) is 9.55 Å². The van der Waals surface area contributed by atoms with E-state index in [1.54, 1.807) is 17.8 Å². The Morgan fingerprint density at radius 2 is 1.20 bits per heavy atom. The van der Waals surface area contributed by atoms with Crippen LogP contribution in [0.25, 0.3) is 81.9 Å². The molecule has 1 aliphatic heterocycles. The van der Waals surface area contributed by atoms with Gasteiger partial charge in [-0.2, -0.15) is 0 Å². The monoisotopic (exact) mass is 602 g/mol. The number of hydrogen-bond donors (Lipinski definition) is 0. The molecule has 0 spiro atoms. The Hall–Kier alpha value is -5.89. The summed E-state index contributed by atoms with van der Waals surface area (Å²) in [6.07, 6.45) is 3.70. The van der Waals surface area contributed by atoms with Gasteiger partial charge in [-0.3, -0.25) is 14.3 Å². The van der Waals surface area contributed by atoms with Gasteiger partial charge in [-0.1, -0.05) is 109 Å². The van der Waals surface area contributed by atoms with E-state index in [-0.39, 0.29) is 5.56 Å². The van der Waals surface area contributed by atoms with Crippen LogP contribution in [0.1, 0.15) is 0 Å². The zero-order valence-corrected chi connectivity index (χ0v) is 25.2. The topological polar surface area (TPSA) is 34.9 Å². The van der Waals surface area contributed by atoms with E-state index in [0.717, 1.165) is 48.5 Å². The summed E-state index contributed by atoms with van der Waals surface area (Å²) in [5, 5.41) is 9.97. The van der Waals surface area contributed by atoms with Gasteiger partial charge in [0.1, 0.15) is 0 Å². The molecule has 1 aliphatic rings. The fraction of sp³-hybridized carbons (Fsp3) is 0. The molecule has 3 nitrogen and oxygen atoms in total. The maximum atomic E-state index is 13.8. The maximum absolute atomic E-state index is 13.8. The van der Waals surface area contributed by atoms with Gasteiger partial charge in [0.15, 0.2) is 0 Å². The van der Waals surface area contributed by atoms with Crippen LogP contribution in [0, 0.1) is 12.1 Å². The standard InChI is InChI=1S/C42H22N2OS/c45-42-35-15-6-5-14-33(35)37-23-43-24-40-41(37)44(42)38-19-17-28(22-39(38)46-40)26-9-7-8-25(20-26)27-16-18-34-31-12-2-1-10-29(31)30-11-3-4-13-32(30)36(34)21-27/h1-5,7-14,16-24H. The lowest BCUT2D eigenvalue weighted by atomic mass is 9.91. The molecule has 0 saturated heterocycles. The van der Waals surface area contributed by atoms with Crippen molar-refractivity contribution in [3.63, 3.8) is 0 Å². The summed E-state index contributed by atoms with van der Waals surface area (Å²) >= 11 is 1.66. The molecule has 3 heterocycles. The summed E-state index contributed by atoms with van der Waals surface area (Å²) in [5.74, 6) is 0. The first-order valence-electron chi connectivity index (χ1n) is 15.2. The Morgan fingerprint density at radius 1 is 0.543 bits per heavy atom. The second kappa shape index (κ2) is 9.55. The van der Waals surface area contributed by atoms with Crippen LogP contribution in [0.15, 0.2) is 148 Å². The van der Waals surface area contributed by atoms with Gasteiger partial charge in [0, 0.05) is 28.1 Å². The van der Waals surface area contributed by atoms with E-state index >= 15 is 0 Å². The highest BCUT2D eigenvalue weighted by molar-refractivity contribution is 7.99. The first kappa shape index (κ1) is 25.4. The largest absolute Gasteiger partial charge is 0.273 e. The predicted octanol–water partition coefficient (Wildman–Crippen LogP) is 10.4. The number of nitrogens with zero attached hydrogens (tertiary/aromatic N) is 2. The van der Waals surface area contributed by atoms with Crippen molar-refractivity contribution >= 4 is 65.8 Å². The first-order valence-corrected chi connectivity index (χ1v) is 16.1. The fourth-order valence-corrected chi connectivity index (χ4v) is 8.31. The van der Waals surface area contributed by atoms with Gasteiger partial charge in [-0.15, -0.1) is 0 Å². The first-order chi connectivity index (χ1) is 22.7. The summed E-state index contributed by atoms with van der Waals surface area (Å²) < 4.78 is 1.83. The van der Waals surface area contributed by atoms with E-state index in [9.17, 15) is 4.79 Å². The number of fused-ring (bicyclic) bond motifs is 10. The lowest BCUT2D eigenvalue weighted by molar-refractivity contribution is 0.994. The molecule has 212 valence electrons. The quantitative estimate of drug-likeness (QED) is 0.185. The number of hydrogen-bond acceptors (Lipinski definition) is 3. The third-order valence-corrected chi connectivity index (χ3v) is 10.4. The van der Waals surface area contributed by atoms with Crippen LogP contribution in [0.5, 0.6) is 0 Å². The highest BCUT2D eigenvalue weighted by atomic mass is 32.2. The highest BCUT2D eigenvalue weighted by Gasteiger charge is 2.23. The summed E-state index contributed by atoms with van der Waals surface area (Å²) in [6.45, 7) is 0. The van der Waals surface area contributed by atoms with Crippen molar-refractivity contribution in [2.24, 2.45) is 0 Å². The Bertz CT molecular complexity index is 2780. The molecule has 0 saturated carbocycles. The minimum Gasteiger partial charge on any atom is -0.273 e. The van der Waals surface area contributed by atoms with Gasteiger partial charge in [0.05, 0.1) is 21.5 Å². The normalized spacial score (nSPS) is 12.2. The van der Waals surface area contributed by atoms with Crippen LogP contribution >= 0.6 is 11.8 Å². The molecule has 2 aromatic heterocycles. The van der Waals surface area contributed by atoms with Crippen LogP contribution in [-0.2, 0) is 0 Å². The third kappa shape index (κ3) is 3.58. The molecule has 0 amide bonds. The number of rotatable bonds is 2. The molecule has 0 bridgehead atoms. The van der Waals surface area contributed by atoms with Crippen molar-refractivity contribution in [3.8, 4) is 27.9 Å². The van der Waals surface area contributed by atoms with Crippen LogP contribution in [0.4, 0.5) is 0 Å². The Kier molecular flexibility index (Phi) is 5.28. The van der Waals surface area contributed by atoms with Crippen LogP contribution in [0.3, 0.4) is 0 Å². The molecular weight excluding hydrogens is 581 g/mol. The molecule has 46 heavy (non-hydrogen) atoms. The van der Waals surface area contributed by atoms with E-state index in [4.69, 9.17) is 0 Å². The van der Waals surface area contributed by atoms with Crippen molar-refractivity contribution in [3.05, 3.63) is 156 Å². The van der Waals surface area contributed by atoms with Crippen LogP contribution in [0.2, 0.25) is 0 Å². The van der Waals surface area contributed by atoms with Gasteiger partial charge in [0.25, 0.3) is 5.56 Å². The molecule has 7 aromatic carbocycles. The second-order valence-corrected chi connectivity index (χ2v) is 12.9. The predicted molar refractivity (Wildman–Crippen MR) is 190 cm³/mol. The molecule has 0 aliphatic carbocycles. The van der Waals surface area contributed by atoms with Crippen molar-refractivity contribution in [2.45, 2.75) is 9.79 Å². The smallest absolute Gasteiger partial charge is 0.272 e. The Morgan fingerprint density at radius 3 is 1.96 bits per heavy atom. The van der Waals surface area contributed by atoms with Gasteiger partial charge in [-0.05, 0) is 91.0 Å². The average molecular weight is 603 g/mol. The summed E-state index contributed by atoms with van der Waals surface area (Å²) in [7, 11) is 0. The summed E-state index contributed by atoms with van der Waals surface area (Å²) in [5.41, 5.74) is 6.26. The fourth-order valence-electron chi connectivity index (χ4n) is 7.21. The molecule has 0 unspecified atom stereocenters. The van der Waals surface area contributed by atoms with Crippen molar-refractivity contribution in [1.82, 2.24) is 9.55 Å². The van der Waals surface area contributed by atoms with E-state index in [1.165, 1.54) is 37.9 Å². The number of pyridine rings is 2. The minimum atomic E-state index is -0.0836. The van der Waals surface area contributed by atoms with Gasteiger partial charge < -0.3 is 0 Å². The Labute approximate surface area is 268 Å². The third-order valence-electron chi connectivity index (χ3n) is 9.31. The molecule has 10 rings (SSSR count). The lowest BCUT2D eigenvalue weighted by Gasteiger charge is -2.23. The van der Waals surface area contributed by atoms with Gasteiger partial charge in [-0.25, -0.2) is 0 Å². The molecule has 4 heteroatoms. The van der Waals surface area contributed by atoms with E-state index in [0.29, 0.717) is 5.39 Å². The number of benzene rings is 6. The van der Waals surface area contributed by atoms with Gasteiger partial charge in [0.2, 0.25) is 0 Å². The van der Waals surface area contributed by atoms with Crippen molar-refractivity contribution in [2.75, 3.05) is 0 Å². The molecular formula is C42H22N2OS. The van der Waals surface area contributed by atoms with Crippen LogP contribution < -0.4 is 5.56 Å². The zero-order valence-electron chi connectivity index (χ0n) is 24.4. The van der Waals surface area contributed by atoms with Crippen molar-refractivity contribution < 1.29 is 0 Å². The molecule has 9 aromatic rings. The number of aromatic nitrogens is 2. The van der Waals surface area contributed by atoms with E-state index in [2.05, 4.69) is 126 Å². The highest BCUT2D eigenvalue weighted by Crippen LogP contribution is 2.44. The van der Waals surface area contributed by atoms with Gasteiger partial charge >= 0.3 is 0 Å².